The molecule has 5 nitrogen and oxygen atoms in total. The molecule has 0 aliphatic carbocycles. The molecule has 0 saturated heterocycles. The lowest BCUT2D eigenvalue weighted by Gasteiger charge is -2.22. The largest absolute Gasteiger partial charge is 0.455 e. The highest BCUT2D eigenvalue weighted by atomic mass is 19.1. The van der Waals surface area contributed by atoms with Gasteiger partial charge in [-0.2, -0.15) is 5.26 Å². The summed E-state index contributed by atoms with van der Waals surface area (Å²) in [5, 5.41) is 8.72. The maximum absolute atomic E-state index is 13.9. The first-order valence-electron chi connectivity index (χ1n) is 7.83. The Kier molecular flexibility index (Phi) is 6.80. The van der Waals surface area contributed by atoms with Crippen LogP contribution in [0.3, 0.4) is 0 Å². The van der Waals surface area contributed by atoms with Crippen LogP contribution in [0.4, 0.5) is 14.5 Å². The standard InChI is InChI=1S/C19H16F2N2O3/c20-15-8-6-14(7-9-15)12-19(25)26-13-18(24)23(11-3-10-22)17-5-2-1-4-16(17)21/h1-2,4-9H,3,11-13H2. The summed E-state index contributed by atoms with van der Waals surface area (Å²) in [6.45, 7) is -0.606. The molecule has 0 spiro atoms. The molecule has 0 aromatic heterocycles. The van der Waals surface area contributed by atoms with E-state index in [4.69, 9.17) is 10.00 Å². The number of carbonyl (C=O) groups is 2. The van der Waals surface area contributed by atoms with Gasteiger partial charge < -0.3 is 9.64 Å². The molecule has 134 valence electrons. The van der Waals surface area contributed by atoms with Crippen LogP contribution in [0, 0.1) is 23.0 Å². The third kappa shape index (κ3) is 5.38. The van der Waals surface area contributed by atoms with Crippen molar-refractivity contribution in [1.82, 2.24) is 0 Å². The van der Waals surface area contributed by atoms with Gasteiger partial charge in [-0.25, -0.2) is 8.78 Å². The zero-order chi connectivity index (χ0) is 18.9. The summed E-state index contributed by atoms with van der Waals surface area (Å²) >= 11 is 0. The van der Waals surface area contributed by atoms with E-state index in [1.54, 1.807) is 6.07 Å². The van der Waals surface area contributed by atoms with Crippen LogP contribution < -0.4 is 4.90 Å². The zero-order valence-electron chi connectivity index (χ0n) is 13.8. The van der Waals surface area contributed by atoms with Gasteiger partial charge in [-0.05, 0) is 29.8 Å². The van der Waals surface area contributed by atoms with E-state index >= 15 is 0 Å². The van der Waals surface area contributed by atoms with E-state index in [0.29, 0.717) is 5.56 Å². The Bertz CT molecular complexity index is 816. The van der Waals surface area contributed by atoms with Gasteiger partial charge in [0.05, 0.1) is 24.6 Å². The molecule has 0 bridgehead atoms. The maximum atomic E-state index is 13.9. The fourth-order valence-corrected chi connectivity index (χ4v) is 2.25. The second-order valence-corrected chi connectivity index (χ2v) is 5.37. The van der Waals surface area contributed by atoms with Gasteiger partial charge in [-0.15, -0.1) is 0 Å². The number of nitrogens with zero attached hydrogens (tertiary/aromatic N) is 2. The fraction of sp³-hybridized carbons (Fsp3) is 0.211. The van der Waals surface area contributed by atoms with Gasteiger partial charge in [-0.3, -0.25) is 9.59 Å². The zero-order valence-corrected chi connectivity index (χ0v) is 13.8. The maximum Gasteiger partial charge on any atom is 0.310 e. The van der Waals surface area contributed by atoms with Crippen molar-refractivity contribution in [2.45, 2.75) is 12.8 Å². The predicted molar refractivity (Wildman–Crippen MR) is 90.0 cm³/mol. The quantitative estimate of drug-likeness (QED) is 0.714. The number of benzene rings is 2. The van der Waals surface area contributed by atoms with E-state index in [2.05, 4.69) is 0 Å². The molecule has 1 amide bonds. The summed E-state index contributed by atoms with van der Waals surface area (Å²) in [5.41, 5.74) is 0.557. The topological polar surface area (TPSA) is 70.4 Å². The van der Waals surface area contributed by atoms with Crippen LogP contribution in [0.5, 0.6) is 0 Å². The summed E-state index contributed by atoms with van der Waals surface area (Å²) in [6, 6.07) is 12.9. The van der Waals surface area contributed by atoms with Gasteiger partial charge >= 0.3 is 5.97 Å². The lowest BCUT2D eigenvalue weighted by Crippen LogP contribution is -2.36. The van der Waals surface area contributed by atoms with Crippen molar-refractivity contribution in [3.05, 3.63) is 65.7 Å². The number of halogens is 2. The van der Waals surface area contributed by atoms with E-state index in [0.717, 1.165) is 4.90 Å². The lowest BCUT2D eigenvalue weighted by atomic mass is 10.1. The molecule has 2 aromatic carbocycles. The number of hydrogen-bond donors (Lipinski definition) is 0. The number of ether oxygens (including phenoxy) is 1. The molecule has 26 heavy (non-hydrogen) atoms. The first kappa shape index (κ1) is 19.1. The number of amides is 1. The molecular weight excluding hydrogens is 342 g/mol. The highest BCUT2D eigenvalue weighted by Gasteiger charge is 2.20. The Balaban J connectivity index is 1.98. The molecule has 0 radical (unpaired) electrons. The number of para-hydroxylation sites is 1. The lowest BCUT2D eigenvalue weighted by molar-refractivity contribution is -0.147. The highest BCUT2D eigenvalue weighted by Crippen LogP contribution is 2.19. The Hall–Kier alpha value is -3.27. The summed E-state index contributed by atoms with van der Waals surface area (Å²) in [7, 11) is 0. The van der Waals surface area contributed by atoms with Gasteiger partial charge in [0.25, 0.3) is 5.91 Å². The van der Waals surface area contributed by atoms with Crippen LogP contribution in [-0.2, 0) is 20.7 Å². The van der Waals surface area contributed by atoms with Gasteiger partial charge in [0, 0.05) is 6.54 Å². The Morgan fingerprint density at radius 3 is 2.42 bits per heavy atom. The van der Waals surface area contributed by atoms with Crippen molar-refractivity contribution in [1.29, 1.82) is 5.26 Å². The number of nitriles is 1. The number of carbonyl (C=O) groups excluding carboxylic acids is 2. The molecule has 0 saturated carbocycles. The Morgan fingerprint density at radius 2 is 1.77 bits per heavy atom. The first-order valence-corrected chi connectivity index (χ1v) is 7.83. The van der Waals surface area contributed by atoms with Crippen LogP contribution in [0.2, 0.25) is 0 Å². The van der Waals surface area contributed by atoms with Gasteiger partial charge in [0.2, 0.25) is 0 Å². The smallest absolute Gasteiger partial charge is 0.310 e. The molecule has 2 rings (SSSR count). The van der Waals surface area contributed by atoms with E-state index < -0.39 is 30.1 Å². The number of esters is 1. The first-order chi connectivity index (χ1) is 12.5. The van der Waals surface area contributed by atoms with Crippen molar-refractivity contribution in [2.24, 2.45) is 0 Å². The predicted octanol–water partition coefficient (Wildman–Crippen LogP) is 3.00. The van der Waals surface area contributed by atoms with Crippen LogP contribution in [0.25, 0.3) is 0 Å². The van der Waals surface area contributed by atoms with Crippen molar-refractivity contribution in [3.63, 3.8) is 0 Å². The molecule has 0 unspecified atom stereocenters. The Morgan fingerprint density at radius 1 is 1.08 bits per heavy atom. The van der Waals surface area contributed by atoms with Gasteiger partial charge in [0.1, 0.15) is 11.6 Å². The number of anilines is 1. The average molecular weight is 358 g/mol. The van der Waals surface area contributed by atoms with E-state index in [-0.39, 0.29) is 25.1 Å². The van der Waals surface area contributed by atoms with Gasteiger partial charge in [0.15, 0.2) is 6.61 Å². The minimum atomic E-state index is -0.668. The van der Waals surface area contributed by atoms with Crippen molar-refractivity contribution in [3.8, 4) is 6.07 Å². The fourth-order valence-electron chi connectivity index (χ4n) is 2.25. The average Bonchev–Trinajstić information content (AvgIpc) is 2.63. The second-order valence-electron chi connectivity index (χ2n) is 5.37. The van der Waals surface area contributed by atoms with Crippen LogP contribution >= 0.6 is 0 Å². The molecule has 0 aliphatic rings. The molecule has 0 aliphatic heterocycles. The minimum absolute atomic E-state index is 0.00357. The van der Waals surface area contributed by atoms with Crippen molar-refractivity contribution in [2.75, 3.05) is 18.1 Å². The third-order valence-electron chi connectivity index (χ3n) is 3.51. The molecule has 0 fully saturated rings. The molecule has 7 heteroatoms. The van der Waals surface area contributed by atoms with E-state index in [9.17, 15) is 18.4 Å². The second kappa shape index (κ2) is 9.28. The monoisotopic (exact) mass is 358 g/mol. The summed E-state index contributed by atoms with van der Waals surface area (Å²) in [6.07, 6.45) is -0.116. The van der Waals surface area contributed by atoms with Crippen LogP contribution in [0.15, 0.2) is 48.5 Å². The highest BCUT2D eigenvalue weighted by molar-refractivity contribution is 5.95. The minimum Gasteiger partial charge on any atom is -0.455 e. The molecule has 0 N–H and O–H groups in total. The Labute approximate surface area is 149 Å². The number of hydrogen-bond acceptors (Lipinski definition) is 4. The summed E-state index contributed by atoms with van der Waals surface area (Å²) in [4.78, 5) is 25.2. The van der Waals surface area contributed by atoms with Crippen LogP contribution in [0.1, 0.15) is 12.0 Å². The molecule has 0 heterocycles. The molecule has 2 aromatic rings. The van der Waals surface area contributed by atoms with E-state index in [1.807, 2.05) is 6.07 Å². The third-order valence-corrected chi connectivity index (χ3v) is 3.51. The normalized spacial score (nSPS) is 10.0. The van der Waals surface area contributed by atoms with Gasteiger partial charge in [-0.1, -0.05) is 24.3 Å². The number of rotatable bonds is 7. The summed E-state index contributed by atoms with van der Waals surface area (Å²) < 4.78 is 31.7. The molecule has 0 atom stereocenters. The summed E-state index contributed by atoms with van der Waals surface area (Å²) in [5.74, 6) is -2.34. The van der Waals surface area contributed by atoms with Crippen molar-refractivity contribution >= 4 is 17.6 Å². The van der Waals surface area contributed by atoms with E-state index in [1.165, 1.54) is 42.5 Å². The van der Waals surface area contributed by atoms with Crippen LogP contribution in [-0.4, -0.2) is 25.0 Å². The SMILES string of the molecule is N#CCCN(C(=O)COC(=O)Cc1ccc(F)cc1)c1ccccc1F. The van der Waals surface area contributed by atoms with Crippen molar-refractivity contribution < 1.29 is 23.1 Å². The molecular formula is C19H16F2N2O3.